The van der Waals surface area contributed by atoms with Gasteiger partial charge in [0, 0.05) is 5.92 Å². The largest absolute Gasteiger partial charge is 0.289 e. The van der Waals surface area contributed by atoms with Gasteiger partial charge in [-0.2, -0.15) is 0 Å². The molecule has 0 spiro atoms. The van der Waals surface area contributed by atoms with Gasteiger partial charge in [0.1, 0.15) is 5.82 Å². The summed E-state index contributed by atoms with van der Waals surface area (Å²) in [4.78, 5) is 11.6. The van der Waals surface area contributed by atoms with Crippen LogP contribution in [0.2, 0.25) is 0 Å². The van der Waals surface area contributed by atoms with Crippen LogP contribution in [0, 0.1) is 25.6 Å². The Morgan fingerprint density at radius 2 is 2.11 bits per heavy atom. The minimum absolute atomic E-state index is 0.212. The molecule has 0 aliphatic rings. The van der Waals surface area contributed by atoms with Gasteiger partial charge in [0.05, 0.1) is 0 Å². The van der Waals surface area contributed by atoms with Gasteiger partial charge in [0.25, 0.3) is 0 Å². The van der Waals surface area contributed by atoms with Crippen molar-refractivity contribution in [2.24, 2.45) is 5.92 Å². The molecule has 0 aliphatic carbocycles. The van der Waals surface area contributed by atoms with Gasteiger partial charge in [-0.05, 0) is 43.4 Å². The van der Waals surface area contributed by atoms with Crippen molar-refractivity contribution < 1.29 is 14.4 Å². The quantitative estimate of drug-likeness (QED) is 0.613. The van der Waals surface area contributed by atoms with Crippen LogP contribution in [0.1, 0.15) is 42.9 Å². The van der Waals surface area contributed by atoms with Crippen LogP contribution in [-0.4, -0.2) is 11.1 Å². The Labute approximate surface area is 113 Å². The Hall–Kier alpha value is -1.42. The summed E-state index contributed by atoms with van der Waals surface area (Å²) in [6.07, 6.45) is 3.04. The summed E-state index contributed by atoms with van der Waals surface area (Å²) in [6, 6.07) is 3.59. The fraction of sp³-hybridized carbons (Fsp3) is 0.533. The minimum Gasteiger partial charge on any atom is -0.289 e. The van der Waals surface area contributed by atoms with Crippen LogP contribution >= 0.6 is 0 Å². The second-order valence-corrected chi connectivity index (χ2v) is 5.00. The maximum atomic E-state index is 13.8. The molecule has 0 heterocycles. The number of hydroxylamine groups is 1. The molecule has 19 heavy (non-hydrogen) atoms. The monoisotopic (exact) mass is 267 g/mol. The third kappa shape index (κ3) is 4.03. The number of aryl methyl sites for hydroxylation is 1. The van der Waals surface area contributed by atoms with Crippen molar-refractivity contribution in [3.63, 3.8) is 0 Å². The molecule has 0 aromatic heterocycles. The molecule has 0 aliphatic heterocycles. The zero-order valence-electron chi connectivity index (χ0n) is 11.8. The van der Waals surface area contributed by atoms with E-state index in [1.807, 2.05) is 13.0 Å². The maximum absolute atomic E-state index is 13.8. The van der Waals surface area contributed by atoms with Gasteiger partial charge in [0.2, 0.25) is 5.91 Å². The number of amides is 1. The second-order valence-electron chi connectivity index (χ2n) is 5.00. The highest BCUT2D eigenvalue weighted by Crippen LogP contribution is 2.22. The predicted molar refractivity (Wildman–Crippen MR) is 72.5 cm³/mol. The van der Waals surface area contributed by atoms with E-state index in [1.165, 1.54) is 0 Å². The van der Waals surface area contributed by atoms with Crippen LogP contribution in [-0.2, 0) is 11.2 Å². The Bertz CT molecular complexity index is 446. The van der Waals surface area contributed by atoms with Crippen LogP contribution in [0.3, 0.4) is 0 Å². The molecule has 1 amide bonds. The zero-order chi connectivity index (χ0) is 14.4. The molecular weight excluding hydrogens is 245 g/mol. The Morgan fingerprint density at radius 3 is 2.68 bits per heavy atom. The van der Waals surface area contributed by atoms with Crippen molar-refractivity contribution in [2.75, 3.05) is 0 Å². The lowest BCUT2D eigenvalue weighted by Gasteiger charge is -2.16. The van der Waals surface area contributed by atoms with Crippen molar-refractivity contribution in [3.05, 3.63) is 34.6 Å². The number of carbonyl (C=O) groups excluding carboxylic acids is 1. The average molecular weight is 267 g/mol. The highest BCUT2D eigenvalue weighted by atomic mass is 19.1. The molecule has 3 nitrogen and oxygen atoms in total. The van der Waals surface area contributed by atoms with Crippen LogP contribution in [0.4, 0.5) is 4.39 Å². The van der Waals surface area contributed by atoms with Crippen LogP contribution in [0.25, 0.3) is 0 Å². The van der Waals surface area contributed by atoms with E-state index >= 15 is 0 Å². The Morgan fingerprint density at radius 1 is 1.42 bits per heavy atom. The van der Waals surface area contributed by atoms with Gasteiger partial charge in [-0.3, -0.25) is 10.0 Å². The number of rotatable bonds is 6. The highest BCUT2D eigenvalue weighted by molar-refractivity contribution is 5.77. The molecule has 0 saturated heterocycles. The number of carbonyl (C=O) groups is 1. The third-order valence-corrected chi connectivity index (χ3v) is 3.55. The van der Waals surface area contributed by atoms with Gasteiger partial charge >= 0.3 is 0 Å². The van der Waals surface area contributed by atoms with E-state index in [0.717, 1.165) is 18.4 Å². The van der Waals surface area contributed by atoms with Gasteiger partial charge in [-0.1, -0.05) is 31.9 Å². The fourth-order valence-corrected chi connectivity index (χ4v) is 2.21. The first-order valence-electron chi connectivity index (χ1n) is 6.69. The SMILES string of the molecule is CCCCC(Cc1ccc(C)c(F)c1C)C(=O)NO. The second kappa shape index (κ2) is 7.24. The molecule has 106 valence electrons. The Balaban J connectivity index is 2.90. The summed E-state index contributed by atoms with van der Waals surface area (Å²) in [6.45, 7) is 5.50. The average Bonchev–Trinajstić information content (AvgIpc) is 2.42. The van der Waals surface area contributed by atoms with Crippen LogP contribution in [0.5, 0.6) is 0 Å². The van der Waals surface area contributed by atoms with Crippen molar-refractivity contribution in [3.8, 4) is 0 Å². The van der Waals surface area contributed by atoms with E-state index in [0.29, 0.717) is 24.0 Å². The van der Waals surface area contributed by atoms with Crippen molar-refractivity contribution >= 4 is 5.91 Å². The number of nitrogens with one attached hydrogen (secondary N) is 1. The van der Waals surface area contributed by atoms with Gasteiger partial charge < -0.3 is 0 Å². The van der Waals surface area contributed by atoms with Gasteiger partial charge in [-0.25, -0.2) is 9.87 Å². The molecule has 0 bridgehead atoms. The highest BCUT2D eigenvalue weighted by Gasteiger charge is 2.20. The molecule has 1 aromatic rings. The first kappa shape index (κ1) is 15.6. The molecule has 4 heteroatoms. The van der Waals surface area contributed by atoms with Crippen molar-refractivity contribution in [2.45, 2.75) is 46.5 Å². The number of hydrogen-bond donors (Lipinski definition) is 2. The van der Waals surface area contributed by atoms with E-state index in [4.69, 9.17) is 5.21 Å². The summed E-state index contributed by atoms with van der Waals surface area (Å²) < 4.78 is 13.8. The number of halogens is 1. The first-order valence-corrected chi connectivity index (χ1v) is 6.69. The van der Waals surface area contributed by atoms with Gasteiger partial charge in [0.15, 0.2) is 0 Å². The molecule has 1 rings (SSSR count). The lowest BCUT2D eigenvalue weighted by Crippen LogP contribution is -2.29. The normalized spacial score (nSPS) is 12.3. The molecule has 0 radical (unpaired) electrons. The molecule has 1 unspecified atom stereocenters. The van der Waals surface area contributed by atoms with E-state index < -0.39 is 5.91 Å². The zero-order valence-corrected chi connectivity index (χ0v) is 11.8. The molecule has 0 saturated carbocycles. The van der Waals surface area contributed by atoms with E-state index in [9.17, 15) is 9.18 Å². The van der Waals surface area contributed by atoms with E-state index in [2.05, 4.69) is 0 Å². The lowest BCUT2D eigenvalue weighted by molar-refractivity contribution is -0.133. The molecular formula is C15H22FNO2. The van der Waals surface area contributed by atoms with E-state index in [-0.39, 0.29) is 11.7 Å². The fourth-order valence-electron chi connectivity index (χ4n) is 2.21. The summed E-state index contributed by atoms with van der Waals surface area (Å²) in [7, 11) is 0. The Kier molecular flexibility index (Phi) is 5.96. The minimum atomic E-state index is -0.395. The first-order chi connectivity index (χ1) is 9.01. The lowest BCUT2D eigenvalue weighted by atomic mass is 9.90. The van der Waals surface area contributed by atoms with E-state index in [1.54, 1.807) is 25.4 Å². The molecule has 2 N–H and O–H groups in total. The third-order valence-electron chi connectivity index (χ3n) is 3.55. The summed E-state index contributed by atoms with van der Waals surface area (Å²) >= 11 is 0. The van der Waals surface area contributed by atoms with Crippen LogP contribution in [0.15, 0.2) is 12.1 Å². The molecule has 0 fully saturated rings. The standard InChI is InChI=1S/C15H22FNO2/c1-4-5-6-13(15(18)17-19)9-12-8-7-10(2)14(16)11(12)3/h7-8,13,19H,4-6,9H2,1-3H3,(H,17,18). The summed E-state index contributed by atoms with van der Waals surface area (Å²) in [5.41, 5.74) is 3.73. The topological polar surface area (TPSA) is 49.3 Å². The summed E-state index contributed by atoms with van der Waals surface area (Å²) in [5.74, 6) is -0.921. The van der Waals surface area contributed by atoms with Gasteiger partial charge in [-0.15, -0.1) is 0 Å². The smallest absolute Gasteiger partial charge is 0.246 e. The van der Waals surface area contributed by atoms with Crippen molar-refractivity contribution in [1.29, 1.82) is 0 Å². The number of unbranched alkanes of at least 4 members (excludes halogenated alkanes) is 1. The molecule has 1 aromatic carbocycles. The summed E-state index contributed by atoms with van der Waals surface area (Å²) in [5, 5.41) is 8.78. The maximum Gasteiger partial charge on any atom is 0.246 e. The van der Waals surface area contributed by atoms with Crippen molar-refractivity contribution in [1.82, 2.24) is 5.48 Å². The predicted octanol–water partition coefficient (Wildman–Crippen LogP) is 3.30. The van der Waals surface area contributed by atoms with Crippen LogP contribution < -0.4 is 5.48 Å². The number of benzene rings is 1. The molecule has 1 atom stereocenters. The number of hydrogen-bond acceptors (Lipinski definition) is 2.